The monoisotopic (exact) mass is 271 g/mol. The summed E-state index contributed by atoms with van der Waals surface area (Å²) in [6.45, 7) is 3.69. The third kappa shape index (κ3) is 2.90. The van der Waals surface area contributed by atoms with Crippen molar-refractivity contribution in [2.45, 2.75) is 48.8 Å². The fourth-order valence-corrected chi connectivity index (χ4v) is 3.67. The predicted molar refractivity (Wildman–Crippen MR) is 68.6 cm³/mol. The fraction of sp³-hybridized carbons (Fsp3) is 0.538. The second-order valence-corrected chi connectivity index (χ2v) is 7.87. The number of benzene rings is 1. The first kappa shape index (κ1) is 13.5. The maximum atomic E-state index is 13.9. The molecule has 100 valence electrons. The van der Waals surface area contributed by atoms with Crippen molar-refractivity contribution >= 4 is 9.84 Å². The molecule has 0 spiro atoms. The van der Waals surface area contributed by atoms with E-state index in [4.69, 9.17) is 5.73 Å². The van der Waals surface area contributed by atoms with Crippen LogP contribution in [0.5, 0.6) is 0 Å². The zero-order chi connectivity index (χ0) is 13.6. The molecule has 0 aliphatic heterocycles. The van der Waals surface area contributed by atoms with Crippen molar-refractivity contribution in [1.29, 1.82) is 0 Å². The molecule has 5 heteroatoms. The number of rotatable bonds is 4. The highest BCUT2D eigenvalue weighted by atomic mass is 32.2. The van der Waals surface area contributed by atoms with Crippen LogP contribution >= 0.6 is 0 Å². The molecule has 1 aromatic rings. The minimum Gasteiger partial charge on any atom is -0.325 e. The van der Waals surface area contributed by atoms with Gasteiger partial charge in [-0.2, -0.15) is 0 Å². The molecule has 0 heterocycles. The van der Waals surface area contributed by atoms with Crippen molar-refractivity contribution in [3.8, 4) is 0 Å². The highest BCUT2D eigenvalue weighted by Gasteiger charge is 2.38. The summed E-state index contributed by atoms with van der Waals surface area (Å²) in [4.78, 5) is -0.177. The molecule has 0 unspecified atom stereocenters. The molecule has 0 amide bonds. The Morgan fingerprint density at radius 2 is 2.00 bits per heavy atom. The fourth-order valence-electron chi connectivity index (χ4n) is 1.97. The summed E-state index contributed by atoms with van der Waals surface area (Å²) >= 11 is 0. The highest BCUT2D eigenvalue weighted by Crippen LogP contribution is 2.34. The molecule has 2 N–H and O–H groups in total. The summed E-state index contributed by atoms with van der Waals surface area (Å²) in [6.07, 6.45) is 1.78. The number of hydrogen-bond acceptors (Lipinski definition) is 3. The van der Waals surface area contributed by atoms with Gasteiger partial charge >= 0.3 is 0 Å². The molecule has 1 aliphatic rings. The lowest BCUT2D eigenvalue weighted by molar-refractivity contribution is 0.512. The molecule has 1 aromatic carbocycles. The molecule has 18 heavy (non-hydrogen) atoms. The summed E-state index contributed by atoms with van der Waals surface area (Å²) in [6, 6.07) is 4.29. The van der Waals surface area contributed by atoms with Crippen molar-refractivity contribution < 1.29 is 12.8 Å². The Hall–Kier alpha value is -0.940. The van der Waals surface area contributed by atoms with Gasteiger partial charge in [0, 0.05) is 5.54 Å². The van der Waals surface area contributed by atoms with Gasteiger partial charge in [0.05, 0.1) is 5.25 Å². The second kappa shape index (κ2) is 4.31. The zero-order valence-corrected chi connectivity index (χ0v) is 11.4. The van der Waals surface area contributed by atoms with Gasteiger partial charge < -0.3 is 5.73 Å². The van der Waals surface area contributed by atoms with E-state index in [1.807, 2.05) is 13.8 Å². The SMILES string of the molecule is CC(C)(N)Cc1ccc(S(=O)(=O)C2CC2)c(F)c1. The minimum atomic E-state index is -3.46. The van der Waals surface area contributed by atoms with Crippen LogP contribution in [0.25, 0.3) is 0 Å². The van der Waals surface area contributed by atoms with E-state index in [0.29, 0.717) is 19.3 Å². The van der Waals surface area contributed by atoms with Crippen LogP contribution in [-0.2, 0) is 16.3 Å². The summed E-state index contributed by atoms with van der Waals surface area (Å²) in [5, 5.41) is -0.385. The van der Waals surface area contributed by atoms with E-state index in [1.165, 1.54) is 12.1 Å². The molecule has 0 bridgehead atoms. The van der Waals surface area contributed by atoms with Gasteiger partial charge in [-0.3, -0.25) is 0 Å². The standard InChI is InChI=1S/C13H18FNO2S/c1-13(2,15)8-9-3-6-12(11(14)7-9)18(16,17)10-4-5-10/h3,6-7,10H,4-5,8,15H2,1-2H3. The summed E-state index contributed by atoms with van der Waals surface area (Å²) in [7, 11) is -3.46. The number of hydrogen-bond donors (Lipinski definition) is 1. The minimum absolute atomic E-state index is 0.177. The maximum absolute atomic E-state index is 13.9. The molecular formula is C13H18FNO2S. The lowest BCUT2D eigenvalue weighted by atomic mass is 9.96. The highest BCUT2D eigenvalue weighted by molar-refractivity contribution is 7.92. The van der Waals surface area contributed by atoms with Crippen molar-refractivity contribution in [2.24, 2.45) is 5.73 Å². The van der Waals surface area contributed by atoms with Crippen molar-refractivity contribution in [3.63, 3.8) is 0 Å². The third-order valence-corrected chi connectivity index (χ3v) is 5.22. The van der Waals surface area contributed by atoms with E-state index >= 15 is 0 Å². The molecule has 0 saturated heterocycles. The van der Waals surface area contributed by atoms with Gasteiger partial charge in [0.1, 0.15) is 10.7 Å². The molecule has 0 atom stereocenters. The maximum Gasteiger partial charge on any atom is 0.184 e. The quantitative estimate of drug-likeness (QED) is 0.911. The smallest absolute Gasteiger partial charge is 0.184 e. The van der Waals surface area contributed by atoms with E-state index in [0.717, 1.165) is 5.56 Å². The Morgan fingerprint density at radius 1 is 1.39 bits per heavy atom. The molecule has 1 aliphatic carbocycles. The number of sulfone groups is 1. The van der Waals surface area contributed by atoms with E-state index in [9.17, 15) is 12.8 Å². The van der Waals surface area contributed by atoms with Gasteiger partial charge in [-0.25, -0.2) is 12.8 Å². The first-order chi connectivity index (χ1) is 8.20. The van der Waals surface area contributed by atoms with Gasteiger partial charge in [-0.15, -0.1) is 0 Å². The van der Waals surface area contributed by atoms with E-state index in [1.54, 1.807) is 6.07 Å². The van der Waals surface area contributed by atoms with Crippen LogP contribution in [0.1, 0.15) is 32.3 Å². The Balaban J connectivity index is 2.31. The average Bonchev–Trinajstić information content (AvgIpc) is 2.96. The average molecular weight is 271 g/mol. The zero-order valence-electron chi connectivity index (χ0n) is 10.6. The predicted octanol–water partition coefficient (Wildman–Crippen LogP) is 2.04. The van der Waals surface area contributed by atoms with Crippen LogP contribution in [0.4, 0.5) is 4.39 Å². The molecule has 0 aromatic heterocycles. The largest absolute Gasteiger partial charge is 0.325 e. The Labute approximate surface area is 107 Å². The van der Waals surface area contributed by atoms with Crippen LogP contribution in [0.15, 0.2) is 23.1 Å². The second-order valence-electron chi connectivity index (χ2n) is 5.67. The van der Waals surface area contributed by atoms with Crippen LogP contribution in [0.2, 0.25) is 0 Å². The number of nitrogens with two attached hydrogens (primary N) is 1. The molecular weight excluding hydrogens is 253 g/mol. The van der Waals surface area contributed by atoms with E-state index in [-0.39, 0.29) is 10.1 Å². The Bertz CT molecular complexity index is 557. The van der Waals surface area contributed by atoms with Gasteiger partial charge in [-0.05, 0) is 50.8 Å². The summed E-state index contributed by atoms with van der Waals surface area (Å²) in [5.74, 6) is -0.663. The molecule has 0 radical (unpaired) electrons. The Morgan fingerprint density at radius 3 is 2.44 bits per heavy atom. The number of halogens is 1. The van der Waals surface area contributed by atoms with Gasteiger partial charge in [0.2, 0.25) is 0 Å². The van der Waals surface area contributed by atoms with Crippen LogP contribution in [0.3, 0.4) is 0 Å². The van der Waals surface area contributed by atoms with Crippen molar-refractivity contribution in [3.05, 3.63) is 29.6 Å². The summed E-state index contributed by atoms with van der Waals surface area (Å²) < 4.78 is 37.8. The lowest BCUT2D eigenvalue weighted by Crippen LogP contribution is -2.34. The molecule has 1 saturated carbocycles. The van der Waals surface area contributed by atoms with E-state index in [2.05, 4.69) is 0 Å². The summed E-state index contributed by atoms with van der Waals surface area (Å²) in [5.41, 5.74) is 6.14. The first-order valence-electron chi connectivity index (χ1n) is 6.01. The molecule has 1 fully saturated rings. The van der Waals surface area contributed by atoms with Crippen LogP contribution in [-0.4, -0.2) is 19.2 Å². The topological polar surface area (TPSA) is 60.2 Å². The van der Waals surface area contributed by atoms with Gasteiger partial charge in [-0.1, -0.05) is 6.07 Å². The van der Waals surface area contributed by atoms with Crippen LogP contribution < -0.4 is 5.73 Å². The van der Waals surface area contributed by atoms with Gasteiger partial charge in [0.25, 0.3) is 0 Å². The van der Waals surface area contributed by atoms with Crippen molar-refractivity contribution in [2.75, 3.05) is 0 Å². The Kier molecular flexibility index (Phi) is 3.23. The van der Waals surface area contributed by atoms with Crippen molar-refractivity contribution in [1.82, 2.24) is 0 Å². The first-order valence-corrected chi connectivity index (χ1v) is 7.56. The van der Waals surface area contributed by atoms with E-state index < -0.39 is 21.2 Å². The van der Waals surface area contributed by atoms with Crippen LogP contribution in [0, 0.1) is 5.82 Å². The lowest BCUT2D eigenvalue weighted by Gasteiger charge is -2.18. The normalized spacial score (nSPS) is 16.9. The van der Waals surface area contributed by atoms with Gasteiger partial charge in [0.15, 0.2) is 9.84 Å². The third-order valence-electron chi connectivity index (χ3n) is 2.93. The molecule has 3 nitrogen and oxygen atoms in total. The molecule has 2 rings (SSSR count).